The lowest BCUT2D eigenvalue weighted by Gasteiger charge is -2.27. The van der Waals surface area contributed by atoms with E-state index in [0.717, 1.165) is 4.47 Å². The van der Waals surface area contributed by atoms with Crippen molar-refractivity contribution in [3.05, 3.63) is 16.6 Å². The van der Waals surface area contributed by atoms with Gasteiger partial charge in [-0.25, -0.2) is 8.42 Å². The predicted octanol–water partition coefficient (Wildman–Crippen LogP) is 3.89. The van der Waals surface area contributed by atoms with E-state index in [1.807, 2.05) is 51.7 Å². The molecule has 1 amide bonds. The Bertz CT molecular complexity index is 972. The molecule has 10 heteroatoms. The number of carbonyl (C=O) groups excluding carboxylic acids is 1. The Hall–Kier alpha value is -1.26. The largest absolute Gasteiger partial charge is 0.490 e. The van der Waals surface area contributed by atoms with Gasteiger partial charge in [0.25, 0.3) is 5.91 Å². The van der Waals surface area contributed by atoms with Gasteiger partial charge in [0.05, 0.1) is 36.4 Å². The van der Waals surface area contributed by atoms with Gasteiger partial charge in [-0.05, 0) is 29.8 Å². The summed E-state index contributed by atoms with van der Waals surface area (Å²) in [4.78, 5) is 18.9. The number of amidine groups is 1. The van der Waals surface area contributed by atoms with Crippen molar-refractivity contribution in [3.8, 4) is 11.5 Å². The minimum atomic E-state index is -3.15. The second-order valence-corrected chi connectivity index (χ2v) is 12.5. The van der Waals surface area contributed by atoms with Crippen LogP contribution in [-0.4, -0.2) is 55.5 Å². The van der Waals surface area contributed by atoms with E-state index in [1.165, 1.54) is 11.8 Å². The van der Waals surface area contributed by atoms with E-state index in [4.69, 9.17) is 9.47 Å². The maximum absolute atomic E-state index is 12.6. The summed E-state index contributed by atoms with van der Waals surface area (Å²) in [6, 6.07) is 3.34. The Kier molecular flexibility index (Phi) is 6.79. The van der Waals surface area contributed by atoms with Gasteiger partial charge in [0.1, 0.15) is 0 Å². The van der Waals surface area contributed by atoms with Crippen LogP contribution in [0.5, 0.6) is 11.5 Å². The minimum absolute atomic E-state index is 0.0248. The van der Waals surface area contributed by atoms with Crippen molar-refractivity contribution in [2.24, 2.45) is 10.4 Å². The number of hydrogen-bond acceptors (Lipinski definition) is 6. The number of rotatable bonds is 5. The highest BCUT2D eigenvalue weighted by Gasteiger charge is 2.50. The molecule has 0 aliphatic carbocycles. The fourth-order valence-corrected chi connectivity index (χ4v) is 7.77. The zero-order valence-electron chi connectivity index (χ0n) is 17.8. The van der Waals surface area contributed by atoms with Gasteiger partial charge in [0, 0.05) is 27.3 Å². The van der Waals surface area contributed by atoms with Gasteiger partial charge in [-0.1, -0.05) is 32.5 Å². The lowest BCUT2D eigenvalue weighted by molar-refractivity contribution is -0.124. The van der Waals surface area contributed by atoms with Crippen molar-refractivity contribution in [1.29, 1.82) is 0 Å². The molecule has 3 rings (SSSR count). The summed E-state index contributed by atoms with van der Waals surface area (Å²) in [6.45, 7) is 10.2. The predicted molar refractivity (Wildman–Crippen MR) is 125 cm³/mol. The van der Waals surface area contributed by atoms with Crippen LogP contribution in [0.1, 0.15) is 34.6 Å². The molecule has 1 aromatic carbocycles. The number of hydrogen-bond donors (Lipinski definition) is 0. The highest BCUT2D eigenvalue weighted by atomic mass is 79.9. The van der Waals surface area contributed by atoms with Crippen molar-refractivity contribution < 1.29 is 22.7 Å². The monoisotopic (exact) mass is 518 g/mol. The molecule has 2 atom stereocenters. The smallest absolute Gasteiger partial charge is 0.253 e. The van der Waals surface area contributed by atoms with Gasteiger partial charge in [-0.15, -0.1) is 0 Å². The average molecular weight is 519 g/mol. The number of benzene rings is 1. The number of sulfone groups is 1. The van der Waals surface area contributed by atoms with Crippen molar-refractivity contribution in [2.75, 3.05) is 29.6 Å². The molecule has 2 fully saturated rings. The van der Waals surface area contributed by atoms with E-state index in [0.29, 0.717) is 35.6 Å². The maximum Gasteiger partial charge on any atom is 0.253 e. The van der Waals surface area contributed by atoms with E-state index in [9.17, 15) is 13.2 Å². The van der Waals surface area contributed by atoms with Crippen LogP contribution in [0.3, 0.4) is 0 Å². The van der Waals surface area contributed by atoms with Gasteiger partial charge in [0.2, 0.25) is 0 Å². The Morgan fingerprint density at radius 2 is 1.80 bits per heavy atom. The third-order valence-electron chi connectivity index (χ3n) is 4.78. The van der Waals surface area contributed by atoms with Gasteiger partial charge in [0.15, 0.2) is 26.5 Å². The molecule has 30 heavy (non-hydrogen) atoms. The summed E-state index contributed by atoms with van der Waals surface area (Å²) < 4.78 is 36.8. The number of carbonyl (C=O) groups is 1. The fraction of sp³-hybridized carbons (Fsp3) is 0.600. The van der Waals surface area contributed by atoms with Crippen molar-refractivity contribution in [2.45, 2.75) is 45.9 Å². The van der Waals surface area contributed by atoms with Gasteiger partial charge in [-0.3, -0.25) is 4.79 Å². The first-order valence-corrected chi connectivity index (χ1v) is 13.3. The lowest BCUT2D eigenvalue weighted by atomic mass is 9.96. The van der Waals surface area contributed by atoms with Crippen LogP contribution in [0.25, 0.3) is 0 Å². The number of amides is 1. The molecule has 0 saturated carbocycles. The standard InChI is InChI=1S/C20H27BrN2O5S2/c1-6-27-15-8-12(21)13(9-16(15)28-7-2)23-14-10-30(25,26)11-17(14)29-19(23)22-18(24)20(3,4)5/h8-9,14,17H,6-7,10-11H2,1-5H3/t14-,17+/m1/s1. The Balaban J connectivity index is 2.11. The summed E-state index contributed by atoms with van der Waals surface area (Å²) in [5, 5.41) is 0.350. The summed E-state index contributed by atoms with van der Waals surface area (Å²) in [5.74, 6) is 1.02. The van der Waals surface area contributed by atoms with Crippen LogP contribution in [0.15, 0.2) is 21.6 Å². The number of fused-ring (bicyclic) bond motifs is 1. The summed E-state index contributed by atoms with van der Waals surface area (Å²) in [6.07, 6.45) is 0. The average Bonchev–Trinajstić information content (AvgIpc) is 3.08. The van der Waals surface area contributed by atoms with Crippen LogP contribution in [0, 0.1) is 5.41 Å². The molecule has 0 spiro atoms. The third kappa shape index (κ3) is 4.80. The summed E-state index contributed by atoms with van der Waals surface area (Å²) in [7, 11) is -3.15. The van der Waals surface area contributed by atoms with Gasteiger partial charge >= 0.3 is 0 Å². The van der Waals surface area contributed by atoms with Crippen LogP contribution >= 0.6 is 27.7 Å². The summed E-state index contributed by atoms with van der Waals surface area (Å²) >= 11 is 4.95. The van der Waals surface area contributed by atoms with E-state index in [2.05, 4.69) is 20.9 Å². The molecule has 2 heterocycles. The molecule has 1 aromatic rings. The highest BCUT2D eigenvalue weighted by molar-refractivity contribution is 9.10. The minimum Gasteiger partial charge on any atom is -0.490 e. The maximum atomic E-state index is 12.6. The molecule has 7 nitrogen and oxygen atoms in total. The van der Waals surface area contributed by atoms with E-state index >= 15 is 0 Å². The molecule has 0 bridgehead atoms. The van der Waals surface area contributed by atoms with Gasteiger partial charge in [-0.2, -0.15) is 4.99 Å². The molecule has 0 radical (unpaired) electrons. The number of anilines is 1. The lowest BCUT2D eigenvalue weighted by Crippen LogP contribution is -2.38. The quantitative estimate of drug-likeness (QED) is 0.584. The first-order chi connectivity index (χ1) is 14.0. The molecular weight excluding hydrogens is 492 g/mol. The van der Waals surface area contributed by atoms with E-state index < -0.39 is 15.3 Å². The zero-order chi connectivity index (χ0) is 22.3. The molecule has 0 unspecified atom stereocenters. The second-order valence-electron chi connectivity index (χ2n) is 8.24. The molecule has 0 N–H and O–H groups in total. The second kappa shape index (κ2) is 8.70. The summed E-state index contributed by atoms with van der Waals surface area (Å²) in [5.41, 5.74) is 0.0784. The Morgan fingerprint density at radius 1 is 1.20 bits per heavy atom. The van der Waals surface area contributed by atoms with Crippen LogP contribution in [-0.2, 0) is 14.6 Å². The number of nitrogens with zero attached hydrogens (tertiary/aromatic N) is 2. The fourth-order valence-electron chi connectivity index (χ4n) is 3.35. The highest BCUT2D eigenvalue weighted by Crippen LogP contribution is 2.46. The number of thioether (sulfide) groups is 1. The van der Waals surface area contributed by atoms with Crippen molar-refractivity contribution in [1.82, 2.24) is 0 Å². The van der Waals surface area contributed by atoms with Crippen LogP contribution in [0.4, 0.5) is 5.69 Å². The number of halogens is 1. The first-order valence-electron chi connectivity index (χ1n) is 9.85. The van der Waals surface area contributed by atoms with E-state index in [-0.39, 0.29) is 28.7 Å². The number of ether oxygens (including phenoxy) is 2. The molecule has 2 saturated heterocycles. The molecular formula is C20H27BrN2O5S2. The number of aliphatic imine (C=N–C) groups is 1. The first kappa shape index (κ1) is 23.4. The molecule has 166 valence electrons. The third-order valence-corrected chi connectivity index (χ3v) is 8.62. The zero-order valence-corrected chi connectivity index (χ0v) is 21.0. The Labute approximate surface area is 190 Å². The van der Waals surface area contributed by atoms with Crippen molar-refractivity contribution in [3.63, 3.8) is 0 Å². The molecule has 2 aliphatic heterocycles. The SMILES string of the molecule is CCOc1cc(Br)c(N2C(=NC(=O)C(C)(C)C)S[C@H]3CS(=O)(=O)C[C@H]32)cc1OCC. The van der Waals surface area contributed by atoms with E-state index in [1.54, 1.807) is 0 Å². The van der Waals surface area contributed by atoms with Crippen LogP contribution < -0.4 is 14.4 Å². The topological polar surface area (TPSA) is 85.3 Å². The van der Waals surface area contributed by atoms with Crippen molar-refractivity contribution >= 4 is 54.3 Å². The molecule has 0 aromatic heterocycles. The molecule has 2 aliphatic rings. The Morgan fingerprint density at radius 3 is 2.37 bits per heavy atom. The van der Waals surface area contributed by atoms with Crippen LogP contribution in [0.2, 0.25) is 0 Å². The van der Waals surface area contributed by atoms with Gasteiger partial charge < -0.3 is 14.4 Å². The normalized spacial score (nSPS) is 24.2.